The second kappa shape index (κ2) is 7.13. The largest absolute Gasteiger partial charge is 0.397 e. The van der Waals surface area contributed by atoms with Gasteiger partial charge in [-0.2, -0.15) is 5.26 Å². The molecule has 1 aliphatic heterocycles. The number of anilines is 2. The van der Waals surface area contributed by atoms with Crippen LogP contribution in [-0.4, -0.2) is 28.9 Å². The Bertz CT molecular complexity index is 1100. The van der Waals surface area contributed by atoms with Crippen molar-refractivity contribution in [1.82, 2.24) is 9.88 Å². The summed E-state index contributed by atoms with van der Waals surface area (Å²) in [4.78, 5) is 20.4. The minimum atomic E-state index is -0.0628. The second-order valence-electron chi connectivity index (χ2n) is 7.10. The molecule has 0 radical (unpaired) electrons. The third-order valence-electron chi connectivity index (χ3n) is 5.19. The molecule has 0 aliphatic carbocycles. The highest BCUT2D eigenvalue weighted by Crippen LogP contribution is 2.43. The molecule has 3 aromatic rings. The number of thiophene rings is 1. The van der Waals surface area contributed by atoms with Gasteiger partial charge < -0.3 is 16.4 Å². The number of rotatable bonds is 2. The Labute approximate surface area is 167 Å². The number of likely N-dealkylation sites (tertiary alicyclic amines) is 1. The maximum atomic E-state index is 13.1. The number of hydrogen-bond donors (Lipinski definition) is 2. The van der Waals surface area contributed by atoms with Crippen LogP contribution in [0.2, 0.25) is 0 Å². The molecule has 4 N–H and O–H groups in total. The number of nitriles is 1. The van der Waals surface area contributed by atoms with Gasteiger partial charge in [-0.25, -0.2) is 4.98 Å². The lowest BCUT2D eigenvalue weighted by Crippen LogP contribution is -2.35. The van der Waals surface area contributed by atoms with E-state index in [2.05, 4.69) is 11.1 Å². The van der Waals surface area contributed by atoms with E-state index in [0.717, 1.165) is 43.5 Å². The molecule has 0 saturated carbocycles. The van der Waals surface area contributed by atoms with Crippen molar-refractivity contribution >= 4 is 39.0 Å². The number of nitrogens with two attached hydrogens (primary N) is 2. The van der Waals surface area contributed by atoms with E-state index in [1.807, 2.05) is 36.1 Å². The van der Waals surface area contributed by atoms with Gasteiger partial charge in [-0.1, -0.05) is 29.8 Å². The summed E-state index contributed by atoms with van der Waals surface area (Å²) in [6, 6.07) is 9.99. The molecular weight excluding hydrogens is 370 g/mol. The van der Waals surface area contributed by atoms with Crippen LogP contribution in [0.4, 0.5) is 11.5 Å². The van der Waals surface area contributed by atoms with Crippen molar-refractivity contribution in [2.45, 2.75) is 26.2 Å². The fraction of sp³-hybridized carbons (Fsp3) is 0.286. The molecule has 0 bridgehead atoms. The molecule has 1 saturated heterocycles. The molecule has 28 heavy (non-hydrogen) atoms. The maximum Gasteiger partial charge on any atom is 0.266 e. The number of pyridine rings is 1. The number of piperidine rings is 1. The van der Waals surface area contributed by atoms with Gasteiger partial charge in [-0.3, -0.25) is 4.79 Å². The summed E-state index contributed by atoms with van der Waals surface area (Å²) in [5.74, 6) is 0.0935. The van der Waals surface area contributed by atoms with Gasteiger partial charge in [0.2, 0.25) is 0 Å². The molecule has 1 aliphatic rings. The Balaban J connectivity index is 1.94. The SMILES string of the molecule is Cc1ccc(-c2c(C#N)c(N)nc3sc(C(=O)N4CCCCC4)c(N)c23)cc1. The first-order valence-electron chi connectivity index (χ1n) is 9.29. The van der Waals surface area contributed by atoms with Crippen LogP contribution in [0.1, 0.15) is 40.1 Å². The van der Waals surface area contributed by atoms with Gasteiger partial charge in [-0.05, 0) is 31.7 Å². The first-order valence-corrected chi connectivity index (χ1v) is 10.1. The summed E-state index contributed by atoms with van der Waals surface area (Å²) in [6.45, 7) is 3.49. The van der Waals surface area contributed by atoms with E-state index in [1.54, 1.807) is 0 Å². The number of carbonyl (C=O) groups is 1. The first-order chi connectivity index (χ1) is 13.5. The van der Waals surface area contributed by atoms with Crippen LogP contribution >= 0.6 is 11.3 Å². The van der Waals surface area contributed by atoms with Crippen LogP contribution in [0.15, 0.2) is 24.3 Å². The molecule has 1 amide bonds. The summed E-state index contributed by atoms with van der Waals surface area (Å²) in [7, 11) is 0. The summed E-state index contributed by atoms with van der Waals surface area (Å²) in [6.07, 6.45) is 3.16. The van der Waals surface area contributed by atoms with Gasteiger partial charge in [0.1, 0.15) is 27.2 Å². The zero-order chi connectivity index (χ0) is 19.8. The number of aryl methyl sites for hydroxylation is 1. The number of fused-ring (bicyclic) bond motifs is 1. The fourth-order valence-electron chi connectivity index (χ4n) is 3.69. The van der Waals surface area contributed by atoms with E-state index >= 15 is 0 Å². The van der Waals surface area contributed by atoms with Crippen LogP contribution < -0.4 is 11.5 Å². The van der Waals surface area contributed by atoms with Gasteiger partial charge in [0.25, 0.3) is 5.91 Å². The highest BCUT2D eigenvalue weighted by molar-refractivity contribution is 7.21. The highest BCUT2D eigenvalue weighted by Gasteiger charge is 2.27. The quantitative estimate of drug-likeness (QED) is 0.688. The van der Waals surface area contributed by atoms with E-state index in [0.29, 0.717) is 26.3 Å². The minimum absolute atomic E-state index is 0.0628. The van der Waals surface area contributed by atoms with Crippen molar-refractivity contribution in [2.24, 2.45) is 0 Å². The van der Waals surface area contributed by atoms with Crippen LogP contribution in [0, 0.1) is 18.3 Å². The molecule has 1 fully saturated rings. The predicted molar refractivity (Wildman–Crippen MR) is 113 cm³/mol. The Kier molecular flexibility index (Phi) is 4.65. The minimum Gasteiger partial charge on any atom is -0.397 e. The Hall–Kier alpha value is -3.11. The van der Waals surface area contributed by atoms with Gasteiger partial charge >= 0.3 is 0 Å². The van der Waals surface area contributed by atoms with Crippen molar-refractivity contribution in [3.8, 4) is 17.2 Å². The molecule has 142 valence electrons. The molecule has 7 heteroatoms. The second-order valence-corrected chi connectivity index (χ2v) is 8.10. The number of nitrogen functional groups attached to an aromatic ring is 2. The van der Waals surface area contributed by atoms with E-state index < -0.39 is 0 Å². The number of hydrogen-bond acceptors (Lipinski definition) is 6. The third kappa shape index (κ3) is 2.96. The van der Waals surface area contributed by atoms with Gasteiger partial charge in [-0.15, -0.1) is 11.3 Å². The predicted octanol–water partition coefficient (Wildman–Crippen LogP) is 3.93. The molecule has 4 rings (SSSR count). The summed E-state index contributed by atoms with van der Waals surface area (Å²) >= 11 is 1.25. The normalized spacial score (nSPS) is 14.2. The third-order valence-corrected chi connectivity index (χ3v) is 6.28. The van der Waals surface area contributed by atoms with Gasteiger partial charge in [0, 0.05) is 24.0 Å². The summed E-state index contributed by atoms with van der Waals surface area (Å²) in [5.41, 5.74) is 15.8. The van der Waals surface area contributed by atoms with E-state index in [1.165, 1.54) is 11.3 Å². The molecule has 0 unspecified atom stereocenters. The molecular formula is C21H21N5OS. The molecule has 2 aromatic heterocycles. The topological polar surface area (TPSA) is 109 Å². The van der Waals surface area contributed by atoms with Crippen LogP contribution in [0.5, 0.6) is 0 Å². The number of aromatic nitrogens is 1. The molecule has 6 nitrogen and oxygen atoms in total. The smallest absolute Gasteiger partial charge is 0.266 e. The van der Waals surface area contributed by atoms with Crippen molar-refractivity contribution in [3.05, 3.63) is 40.3 Å². The molecule has 3 heterocycles. The Morgan fingerprint density at radius 1 is 1.18 bits per heavy atom. The van der Waals surface area contributed by atoms with Crippen molar-refractivity contribution in [3.63, 3.8) is 0 Å². The lowest BCUT2D eigenvalue weighted by molar-refractivity contribution is 0.0730. The lowest BCUT2D eigenvalue weighted by atomic mass is 9.96. The molecule has 0 atom stereocenters. The Morgan fingerprint density at radius 2 is 1.86 bits per heavy atom. The number of benzene rings is 1. The number of amides is 1. The first kappa shape index (κ1) is 18.3. The summed E-state index contributed by atoms with van der Waals surface area (Å²) in [5, 5.41) is 10.3. The zero-order valence-corrected chi connectivity index (χ0v) is 16.5. The van der Waals surface area contributed by atoms with Crippen LogP contribution in [-0.2, 0) is 0 Å². The Morgan fingerprint density at radius 3 is 2.50 bits per heavy atom. The average molecular weight is 392 g/mol. The summed E-state index contributed by atoms with van der Waals surface area (Å²) < 4.78 is 0. The monoisotopic (exact) mass is 391 g/mol. The van der Waals surface area contributed by atoms with Crippen LogP contribution in [0.3, 0.4) is 0 Å². The van der Waals surface area contributed by atoms with E-state index in [4.69, 9.17) is 11.5 Å². The number of carbonyl (C=O) groups excluding carboxylic acids is 1. The highest BCUT2D eigenvalue weighted by atomic mass is 32.1. The molecule has 0 spiro atoms. The number of nitrogens with zero attached hydrogens (tertiary/aromatic N) is 3. The van der Waals surface area contributed by atoms with Crippen molar-refractivity contribution in [1.29, 1.82) is 5.26 Å². The van der Waals surface area contributed by atoms with Crippen molar-refractivity contribution < 1.29 is 4.79 Å². The standard InChI is InChI=1S/C21H21N5OS/c1-12-5-7-13(8-6-12)15-14(11-22)19(24)25-20-16(15)17(23)18(28-20)21(27)26-9-3-2-4-10-26/h5-8H,2-4,9-10,23H2,1H3,(H2,24,25). The van der Waals surface area contributed by atoms with Gasteiger partial charge in [0.05, 0.1) is 5.69 Å². The maximum absolute atomic E-state index is 13.1. The zero-order valence-electron chi connectivity index (χ0n) is 15.7. The lowest BCUT2D eigenvalue weighted by Gasteiger charge is -2.26. The molecule has 1 aromatic carbocycles. The van der Waals surface area contributed by atoms with E-state index in [-0.39, 0.29) is 17.3 Å². The average Bonchev–Trinajstić information content (AvgIpc) is 3.03. The van der Waals surface area contributed by atoms with E-state index in [9.17, 15) is 10.1 Å². The fourth-order valence-corrected chi connectivity index (χ4v) is 4.77. The van der Waals surface area contributed by atoms with Crippen LogP contribution in [0.25, 0.3) is 21.3 Å². The van der Waals surface area contributed by atoms with Crippen molar-refractivity contribution in [2.75, 3.05) is 24.6 Å². The van der Waals surface area contributed by atoms with Gasteiger partial charge in [0.15, 0.2) is 0 Å².